The van der Waals surface area contributed by atoms with Gasteiger partial charge in [-0.1, -0.05) is 36.2 Å². The first-order valence-electron chi connectivity index (χ1n) is 10.7. The number of para-hydroxylation sites is 1. The third-order valence-electron chi connectivity index (χ3n) is 6.74. The van der Waals surface area contributed by atoms with Crippen LogP contribution in [0.2, 0.25) is 5.02 Å². The third-order valence-corrected chi connectivity index (χ3v) is 8.00. The molecule has 1 amide bonds. The fourth-order valence-corrected chi connectivity index (χ4v) is 5.94. The lowest BCUT2D eigenvalue weighted by Gasteiger charge is -2.37. The van der Waals surface area contributed by atoms with Crippen molar-refractivity contribution in [1.82, 2.24) is 4.57 Å². The minimum atomic E-state index is -3.03. The molecule has 0 radical (unpaired) electrons. The number of carbonyl (C=O) groups excluding carboxylic acids is 1. The number of amides is 1. The summed E-state index contributed by atoms with van der Waals surface area (Å²) >= 11 is 6.22. The number of aromatic nitrogens is 1. The molecule has 0 N–H and O–H groups in total. The zero-order valence-corrected chi connectivity index (χ0v) is 19.0. The summed E-state index contributed by atoms with van der Waals surface area (Å²) in [5.74, 6) is 0.319. The van der Waals surface area contributed by atoms with Crippen LogP contribution in [-0.2, 0) is 33.1 Å². The first kappa shape index (κ1) is 20.6. The fraction of sp³-hybridized carbons (Fsp3) is 0.375. The predicted octanol–water partition coefficient (Wildman–Crippen LogP) is 4.70. The van der Waals surface area contributed by atoms with Gasteiger partial charge in [-0.05, 0) is 55.2 Å². The number of aryl methyl sites for hydroxylation is 1. The van der Waals surface area contributed by atoms with E-state index < -0.39 is 9.84 Å². The Bertz CT molecular complexity index is 1290. The summed E-state index contributed by atoms with van der Waals surface area (Å²) in [4.78, 5) is 15.4. The molecule has 2 aromatic carbocycles. The van der Waals surface area contributed by atoms with Gasteiger partial charge >= 0.3 is 0 Å². The molecule has 5 nitrogen and oxygen atoms in total. The summed E-state index contributed by atoms with van der Waals surface area (Å²) in [6.45, 7) is 1.03. The topological polar surface area (TPSA) is 59.4 Å². The molecule has 1 fully saturated rings. The van der Waals surface area contributed by atoms with Crippen molar-refractivity contribution in [2.24, 2.45) is 0 Å². The van der Waals surface area contributed by atoms with E-state index in [9.17, 15) is 13.2 Å². The van der Waals surface area contributed by atoms with E-state index in [0.717, 1.165) is 47.1 Å². The van der Waals surface area contributed by atoms with Crippen LogP contribution in [0.4, 0.5) is 5.69 Å². The molecule has 1 aliphatic carbocycles. The molecule has 5 rings (SSSR count). The largest absolute Gasteiger partial charge is 0.343 e. The number of hydrogen-bond acceptors (Lipinski definition) is 3. The van der Waals surface area contributed by atoms with E-state index in [4.69, 9.17) is 11.6 Å². The number of benzene rings is 2. The molecule has 7 heteroatoms. The summed E-state index contributed by atoms with van der Waals surface area (Å²) in [6.07, 6.45) is 4.68. The molecule has 0 unspecified atom stereocenters. The van der Waals surface area contributed by atoms with E-state index in [0.29, 0.717) is 24.5 Å². The fourth-order valence-electron chi connectivity index (χ4n) is 5.11. The van der Waals surface area contributed by atoms with Crippen molar-refractivity contribution in [3.8, 4) is 0 Å². The predicted molar refractivity (Wildman–Crippen MR) is 124 cm³/mol. The van der Waals surface area contributed by atoms with Gasteiger partial charge in [0, 0.05) is 40.1 Å². The van der Waals surface area contributed by atoms with Crippen LogP contribution in [-0.4, -0.2) is 30.9 Å². The van der Waals surface area contributed by atoms with Gasteiger partial charge in [-0.3, -0.25) is 4.79 Å². The van der Waals surface area contributed by atoms with E-state index in [1.54, 1.807) is 0 Å². The second-order valence-electron chi connectivity index (χ2n) is 8.82. The molecule has 1 aliphatic heterocycles. The smallest absolute Gasteiger partial charge is 0.238 e. The standard InChI is InChI=1S/C24H25ClN2O3S/c1-31(29,30)13-5-12-26-19(15-17-14-18(25)8-9-21(17)26)16-27-22-7-3-2-6-20(22)24(23(27)28)10-4-11-24/h2-3,6-9,14-15H,4-5,10-13,16H2,1H3. The molecule has 3 aromatic rings. The van der Waals surface area contributed by atoms with Crippen LogP contribution in [0.5, 0.6) is 0 Å². The number of halogens is 1. The number of nitrogens with zero attached hydrogens (tertiary/aromatic N) is 2. The van der Waals surface area contributed by atoms with Crippen LogP contribution in [0, 0.1) is 0 Å². The molecule has 31 heavy (non-hydrogen) atoms. The summed E-state index contributed by atoms with van der Waals surface area (Å²) in [5, 5.41) is 1.66. The number of anilines is 1. The minimum Gasteiger partial charge on any atom is -0.343 e. The zero-order chi connectivity index (χ0) is 21.8. The highest BCUT2D eigenvalue weighted by Gasteiger charge is 2.54. The van der Waals surface area contributed by atoms with Crippen molar-refractivity contribution in [2.45, 2.75) is 44.2 Å². The molecule has 2 heterocycles. The molecule has 162 valence electrons. The van der Waals surface area contributed by atoms with Crippen LogP contribution in [0.25, 0.3) is 10.9 Å². The maximum absolute atomic E-state index is 13.5. The van der Waals surface area contributed by atoms with E-state index in [1.165, 1.54) is 6.26 Å². The van der Waals surface area contributed by atoms with Gasteiger partial charge in [0.2, 0.25) is 5.91 Å². The lowest BCUT2D eigenvalue weighted by molar-refractivity contribution is -0.126. The summed E-state index contributed by atoms with van der Waals surface area (Å²) in [5.41, 5.74) is 3.79. The van der Waals surface area contributed by atoms with Crippen LogP contribution < -0.4 is 4.90 Å². The van der Waals surface area contributed by atoms with Crippen LogP contribution in [0.15, 0.2) is 48.5 Å². The van der Waals surface area contributed by atoms with Gasteiger partial charge < -0.3 is 9.47 Å². The van der Waals surface area contributed by atoms with Gasteiger partial charge in [-0.15, -0.1) is 0 Å². The molecule has 2 aliphatic rings. The van der Waals surface area contributed by atoms with E-state index in [-0.39, 0.29) is 17.1 Å². The Kier molecular flexibility index (Phi) is 4.90. The Hall–Kier alpha value is -2.31. The Labute approximate surface area is 187 Å². The first-order chi connectivity index (χ1) is 14.8. The average Bonchev–Trinajstić information content (AvgIpc) is 3.13. The van der Waals surface area contributed by atoms with Gasteiger partial charge in [0.05, 0.1) is 17.7 Å². The maximum atomic E-state index is 13.5. The normalized spacial score (nSPS) is 17.4. The van der Waals surface area contributed by atoms with Gasteiger partial charge in [-0.25, -0.2) is 8.42 Å². The second-order valence-corrected chi connectivity index (χ2v) is 11.5. The average molecular weight is 457 g/mol. The van der Waals surface area contributed by atoms with E-state index in [1.807, 2.05) is 41.3 Å². The van der Waals surface area contributed by atoms with Crippen molar-refractivity contribution in [3.63, 3.8) is 0 Å². The van der Waals surface area contributed by atoms with Gasteiger partial charge in [0.1, 0.15) is 9.84 Å². The monoisotopic (exact) mass is 456 g/mol. The van der Waals surface area contributed by atoms with Crippen molar-refractivity contribution < 1.29 is 13.2 Å². The SMILES string of the molecule is CS(=O)(=O)CCCn1c(CN2C(=O)C3(CCC3)c3ccccc32)cc2cc(Cl)ccc21. The second kappa shape index (κ2) is 7.38. The molecule has 1 aromatic heterocycles. The zero-order valence-electron chi connectivity index (χ0n) is 17.5. The highest BCUT2D eigenvalue weighted by atomic mass is 35.5. The highest BCUT2D eigenvalue weighted by molar-refractivity contribution is 7.90. The number of rotatable bonds is 6. The Morgan fingerprint density at radius 2 is 1.87 bits per heavy atom. The van der Waals surface area contributed by atoms with Crippen molar-refractivity contribution in [1.29, 1.82) is 0 Å². The third kappa shape index (κ3) is 3.46. The number of hydrogen-bond donors (Lipinski definition) is 0. The summed E-state index contributed by atoms with van der Waals surface area (Å²) < 4.78 is 25.4. The Balaban J connectivity index is 1.53. The number of fused-ring (bicyclic) bond motifs is 3. The Morgan fingerprint density at radius 1 is 1.10 bits per heavy atom. The lowest BCUT2D eigenvalue weighted by atomic mass is 9.65. The maximum Gasteiger partial charge on any atom is 0.238 e. The molecule has 1 spiro atoms. The summed E-state index contributed by atoms with van der Waals surface area (Å²) in [6, 6.07) is 15.9. The minimum absolute atomic E-state index is 0.133. The molecular formula is C24H25ClN2O3S. The van der Waals surface area contributed by atoms with E-state index >= 15 is 0 Å². The number of sulfone groups is 1. The number of carbonyl (C=O) groups is 1. The highest BCUT2D eigenvalue weighted by Crippen LogP contribution is 2.53. The quantitative estimate of drug-likeness (QED) is 0.540. The van der Waals surface area contributed by atoms with Gasteiger partial charge in [-0.2, -0.15) is 0 Å². The molecule has 0 atom stereocenters. The van der Waals surface area contributed by atoms with E-state index in [2.05, 4.69) is 16.7 Å². The van der Waals surface area contributed by atoms with Crippen molar-refractivity contribution >= 4 is 43.9 Å². The van der Waals surface area contributed by atoms with Crippen molar-refractivity contribution in [3.05, 3.63) is 64.8 Å². The molecule has 1 saturated carbocycles. The van der Waals surface area contributed by atoms with Gasteiger partial charge in [0.15, 0.2) is 0 Å². The molecule has 0 bridgehead atoms. The van der Waals surface area contributed by atoms with Gasteiger partial charge in [0.25, 0.3) is 0 Å². The first-order valence-corrected chi connectivity index (χ1v) is 13.1. The summed E-state index contributed by atoms with van der Waals surface area (Å²) in [7, 11) is -3.03. The lowest BCUT2D eigenvalue weighted by Crippen LogP contribution is -2.45. The van der Waals surface area contributed by atoms with Crippen molar-refractivity contribution in [2.75, 3.05) is 16.9 Å². The van der Waals surface area contributed by atoms with Crippen LogP contribution >= 0.6 is 11.6 Å². The molecule has 0 saturated heterocycles. The van der Waals surface area contributed by atoms with Crippen LogP contribution in [0.3, 0.4) is 0 Å². The Morgan fingerprint density at radius 3 is 2.58 bits per heavy atom. The molecular weight excluding hydrogens is 432 g/mol. The van der Waals surface area contributed by atoms with Crippen LogP contribution in [0.1, 0.15) is 36.9 Å².